The van der Waals surface area contributed by atoms with Crippen LogP contribution in [-0.4, -0.2) is 75.8 Å². The molecule has 12 nitrogen and oxygen atoms in total. The van der Waals surface area contributed by atoms with Gasteiger partial charge in [-0.15, -0.1) is 0 Å². The fourth-order valence-corrected chi connectivity index (χ4v) is 2.28. The van der Waals surface area contributed by atoms with E-state index in [1.165, 1.54) is 6.92 Å². The number of carbonyl (C=O) groups is 5. The number of aliphatic hydroxyl groups is 1. The Morgan fingerprint density at radius 3 is 1.86 bits per heavy atom. The van der Waals surface area contributed by atoms with Crippen LogP contribution >= 0.6 is 0 Å². The van der Waals surface area contributed by atoms with Gasteiger partial charge in [0.2, 0.25) is 17.7 Å². The first-order valence-electron chi connectivity index (χ1n) is 9.10. The summed E-state index contributed by atoms with van der Waals surface area (Å²) < 4.78 is 0. The van der Waals surface area contributed by atoms with Gasteiger partial charge in [-0.3, -0.25) is 24.0 Å². The van der Waals surface area contributed by atoms with Crippen LogP contribution in [0.2, 0.25) is 0 Å². The average molecular weight is 418 g/mol. The first-order valence-corrected chi connectivity index (χ1v) is 9.10. The number of aliphatic hydroxyl groups excluding tert-OH is 1. The standard InChI is InChI=1S/C17H30N4O8/c1-8(2)6-11(21-17(29)14(18)9(3)22)16(28)20-10(4-5-12(23)24)15(27)19-7-13(25)26/h8-11,14,22H,4-7,18H2,1-3H3,(H,19,27)(H,20,28)(H,21,29)(H,23,24)(H,25,26). The predicted molar refractivity (Wildman–Crippen MR) is 100 cm³/mol. The number of amides is 3. The van der Waals surface area contributed by atoms with Crippen LogP contribution in [0.4, 0.5) is 0 Å². The van der Waals surface area contributed by atoms with E-state index in [0.29, 0.717) is 0 Å². The lowest BCUT2D eigenvalue weighted by atomic mass is 10.0. The molecule has 0 aromatic rings. The Balaban J connectivity index is 5.30. The molecule has 0 aliphatic heterocycles. The Kier molecular flexibility index (Phi) is 11.5. The van der Waals surface area contributed by atoms with E-state index < -0.39 is 66.9 Å². The SMILES string of the molecule is CC(C)CC(NC(=O)C(N)C(C)O)C(=O)NC(CCC(=O)O)C(=O)NCC(=O)O. The van der Waals surface area contributed by atoms with E-state index in [1.807, 2.05) is 0 Å². The van der Waals surface area contributed by atoms with Crippen LogP contribution in [0.15, 0.2) is 0 Å². The Morgan fingerprint density at radius 2 is 1.41 bits per heavy atom. The minimum atomic E-state index is -1.31. The predicted octanol–water partition coefficient (Wildman–Crippen LogP) is -2.22. The lowest BCUT2D eigenvalue weighted by molar-refractivity contribution is -0.140. The Labute approximate surface area is 168 Å². The number of carbonyl (C=O) groups excluding carboxylic acids is 3. The fourth-order valence-electron chi connectivity index (χ4n) is 2.28. The van der Waals surface area contributed by atoms with E-state index in [1.54, 1.807) is 13.8 Å². The first-order chi connectivity index (χ1) is 13.3. The summed E-state index contributed by atoms with van der Waals surface area (Å²) in [7, 11) is 0. The Bertz CT molecular complexity index is 608. The summed E-state index contributed by atoms with van der Waals surface area (Å²) in [6.07, 6.45) is -1.68. The molecule has 12 heteroatoms. The van der Waals surface area contributed by atoms with Crippen molar-refractivity contribution in [2.75, 3.05) is 6.54 Å². The summed E-state index contributed by atoms with van der Waals surface area (Å²) >= 11 is 0. The minimum Gasteiger partial charge on any atom is -0.481 e. The molecule has 0 saturated heterocycles. The van der Waals surface area contributed by atoms with Gasteiger partial charge in [-0.2, -0.15) is 0 Å². The molecule has 3 amide bonds. The highest BCUT2D eigenvalue weighted by molar-refractivity contribution is 5.93. The molecule has 0 spiro atoms. The number of hydrogen-bond acceptors (Lipinski definition) is 7. The Morgan fingerprint density at radius 1 is 0.862 bits per heavy atom. The summed E-state index contributed by atoms with van der Waals surface area (Å²) in [6, 6.07) is -3.67. The van der Waals surface area contributed by atoms with Crippen molar-refractivity contribution in [2.24, 2.45) is 11.7 Å². The van der Waals surface area contributed by atoms with Crippen LogP contribution < -0.4 is 21.7 Å². The number of carboxylic acid groups (broad SMARTS) is 2. The zero-order chi connectivity index (χ0) is 22.7. The number of rotatable bonds is 13. The van der Waals surface area contributed by atoms with Gasteiger partial charge in [-0.05, 0) is 25.7 Å². The summed E-state index contributed by atoms with van der Waals surface area (Å²) in [5.41, 5.74) is 5.56. The van der Waals surface area contributed by atoms with Crippen LogP contribution in [0.3, 0.4) is 0 Å². The molecule has 166 valence electrons. The van der Waals surface area contributed by atoms with Crippen molar-refractivity contribution in [3.8, 4) is 0 Å². The quantitative estimate of drug-likeness (QED) is 0.172. The normalized spacial score (nSPS) is 15.0. The number of nitrogens with two attached hydrogens (primary N) is 1. The summed E-state index contributed by atoms with van der Waals surface area (Å²) in [5.74, 6) is -4.93. The lowest BCUT2D eigenvalue weighted by Crippen LogP contribution is -2.57. The maximum absolute atomic E-state index is 12.6. The van der Waals surface area contributed by atoms with E-state index in [9.17, 15) is 29.1 Å². The molecule has 0 aliphatic carbocycles. The van der Waals surface area contributed by atoms with E-state index >= 15 is 0 Å². The fraction of sp³-hybridized carbons (Fsp3) is 0.706. The Hall–Kier alpha value is -2.73. The largest absolute Gasteiger partial charge is 0.481 e. The van der Waals surface area contributed by atoms with Gasteiger partial charge in [0.15, 0.2) is 0 Å². The molecule has 0 aromatic carbocycles. The van der Waals surface area contributed by atoms with Gasteiger partial charge in [0.25, 0.3) is 0 Å². The van der Waals surface area contributed by atoms with Crippen LogP contribution in [0, 0.1) is 5.92 Å². The van der Waals surface area contributed by atoms with Gasteiger partial charge in [0.05, 0.1) is 6.10 Å². The second-order valence-electron chi connectivity index (χ2n) is 7.06. The maximum atomic E-state index is 12.6. The molecule has 0 fully saturated rings. The van der Waals surface area contributed by atoms with Gasteiger partial charge in [0.1, 0.15) is 24.7 Å². The number of nitrogens with one attached hydrogen (secondary N) is 3. The molecule has 0 radical (unpaired) electrons. The molecule has 29 heavy (non-hydrogen) atoms. The van der Waals surface area contributed by atoms with Crippen LogP contribution in [0.25, 0.3) is 0 Å². The van der Waals surface area contributed by atoms with Crippen LogP contribution in [-0.2, 0) is 24.0 Å². The molecule has 0 bridgehead atoms. The summed E-state index contributed by atoms with van der Waals surface area (Å²) in [6.45, 7) is 4.20. The second kappa shape index (κ2) is 12.7. The highest BCUT2D eigenvalue weighted by Gasteiger charge is 2.30. The molecule has 4 atom stereocenters. The molecule has 0 aliphatic rings. The summed E-state index contributed by atoms with van der Waals surface area (Å²) in [4.78, 5) is 58.3. The molecule has 4 unspecified atom stereocenters. The van der Waals surface area contributed by atoms with E-state index in [0.717, 1.165) is 0 Å². The maximum Gasteiger partial charge on any atom is 0.322 e. The third-order valence-corrected chi connectivity index (χ3v) is 3.86. The topological polar surface area (TPSA) is 208 Å². The minimum absolute atomic E-state index is 0.0351. The molecule has 0 heterocycles. The van der Waals surface area contributed by atoms with Crippen molar-refractivity contribution in [3.63, 3.8) is 0 Å². The van der Waals surface area contributed by atoms with E-state index in [4.69, 9.17) is 15.9 Å². The molecule has 0 saturated carbocycles. The van der Waals surface area contributed by atoms with Crippen LogP contribution in [0.5, 0.6) is 0 Å². The molecule has 0 rings (SSSR count). The van der Waals surface area contributed by atoms with Crippen molar-refractivity contribution in [3.05, 3.63) is 0 Å². The van der Waals surface area contributed by atoms with Crippen molar-refractivity contribution in [2.45, 2.75) is 64.3 Å². The van der Waals surface area contributed by atoms with Gasteiger partial charge < -0.3 is 37.0 Å². The van der Waals surface area contributed by atoms with Gasteiger partial charge in [-0.25, -0.2) is 0 Å². The molecular formula is C17H30N4O8. The zero-order valence-electron chi connectivity index (χ0n) is 16.7. The van der Waals surface area contributed by atoms with Gasteiger partial charge in [0, 0.05) is 6.42 Å². The lowest BCUT2D eigenvalue weighted by Gasteiger charge is -2.25. The molecule has 0 aromatic heterocycles. The van der Waals surface area contributed by atoms with E-state index in [2.05, 4.69) is 16.0 Å². The number of hydrogen-bond donors (Lipinski definition) is 7. The van der Waals surface area contributed by atoms with Gasteiger partial charge in [-0.1, -0.05) is 13.8 Å². The van der Waals surface area contributed by atoms with Crippen LogP contribution in [0.1, 0.15) is 40.0 Å². The summed E-state index contributed by atoms with van der Waals surface area (Å²) in [5, 5.41) is 33.7. The smallest absolute Gasteiger partial charge is 0.322 e. The monoisotopic (exact) mass is 418 g/mol. The average Bonchev–Trinajstić information content (AvgIpc) is 2.60. The number of aliphatic carboxylic acids is 2. The van der Waals surface area contributed by atoms with Crippen molar-refractivity contribution >= 4 is 29.7 Å². The third kappa shape index (κ3) is 11.0. The third-order valence-electron chi connectivity index (χ3n) is 3.86. The van der Waals surface area contributed by atoms with Gasteiger partial charge >= 0.3 is 11.9 Å². The first kappa shape index (κ1) is 26.3. The molecule has 8 N–H and O–H groups in total. The highest BCUT2D eigenvalue weighted by Crippen LogP contribution is 2.07. The van der Waals surface area contributed by atoms with Crippen molar-refractivity contribution in [1.29, 1.82) is 0 Å². The van der Waals surface area contributed by atoms with Crippen molar-refractivity contribution < 1.29 is 39.3 Å². The van der Waals surface area contributed by atoms with Crippen molar-refractivity contribution in [1.82, 2.24) is 16.0 Å². The number of carboxylic acids is 2. The highest BCUT2D eigenvalue weighted by atomic mass is 16.4. The molecular weight excluding hydrogens is 388 g/mol. The second-order valence-corrected chi connectivity index (χ2v) is 7.06. The van der Waals surface area contributed by atoms with E-state index in [-0.39, 0.29) is 18.8 Å². The zero-order valence-corrected chi connectivity index (χ0v) is 16.7.